The van der Waals surface area contributed by atoms with Crippen molar-refractivity contribution in [2.45, 2.75) is 43.7 Å². The maximum atomic E-state index is 11.6. The zero-order valence-electron chi connectivity index (χ0n) is 12.8. The van der Waals surface area contributed by atoms with E-state index in [2.05, 4.69) is 10.2 Å². The van der Waals surface area contributed by atoms with Crippen LogP contribution in [0.2, 0.25) is 0 Å². The summed E-state index contributed by atoms with van der Waals surface area (Å²) in [6.45, 7) is 0.752. The van der Waals surface area contributed by atoms with Crippen molar-refractivity contribution in [3.8, 4) is 0 Å². The lowest BCUT2D eigenvalue weighted by molar-refractivity contribution is -0.146. The quantitative estimate of drug-likeness (QED) is 0.734. The van der Waals surface area contributed by atoms with Gasteiger partial charge in [-0.15, -0.1) is 0 Å². The van der Waals surface area contributed by atoms with Gasteiger partial charge < -0.3 is 15.3 Å². The SMILES string of the molecule is CNC1(C(=O)O)CCCC1CCN(C)C1CCS(=O)(=O)C1. The molecule has 122 valence electrons. The minimum atomic E-state index is -2.87. The molecule has 2 aliphatic rings. The minimum Gasteiger partial charge on any atom is -0.480 e. The van der Waals surface area contributed by atoms with Gasteiger partial charge in [0.1, 0.15) is 5.54 Å². The summed E-state index contributed by atoms with van der Waals surface area (Å²) < 4.78 is 23.1. The van der Waals surface area contributed by atoms with Crippen molar-refractivity contribution in [2.75, 3.05) is 32.1 Å². The number of aliphatic carboxylic acids is 1. The number of hydrogen-bond acceptors (Lipinski definition) is 5. The zero-order chi connectivity index (χ0) is 15.7. The van der Waals surface area contributed by atoms with Gasteiger partial charge in [0, 0.05) is 6.04 Å². The Kier molecular flexibility index (Phi) is 4.95. The molecular weight excluding hydrogens is 292 g/mol. The van der Waals surface area contributed by atoms with Crippen molar-refractivity contribution in [1.82, 2.24) is 10.2 Å². The van der Waals surface area contributed by atoms with E-state index in [1.807, 2.05) is 7.05 Å². The number of rotatable bonds is 6. The molecule has 0 aromatic heterocycles. The number of sulfone groups is 1. The molecule has 21 heavy (non-hydrogen) atoms. The van der Waals surface area contributed by atoms with E-state index in [9.17, 15) is 18.3 Å². The highest BCUT2D eigenvalue weighted by Gasteiger charge is 2.47. The van der Waals surface area contributed by atoms with Crippen molar-refractivity contribution in [1.29, 1.82) is 0 Å². The molecule has 1 aliphatic carbocycles. The number of carbonyl (C=O) groups is 1. The molecule has 0 bridgehead atoms. The van der Waals surface area contributed by atoms with Gasteiger partial charge in [-0.3, -0.25) is 4.79 Å². The van der Waals surface area contributed by atoms with Gasteiger partial charge in [-0.05, 0) is 52.2 Å². The van der Waals surface area contributed by atoms with Gasteiger partial charge in [-0.1, -0.05) is 6.42 Å². The molecule has 3 unspecified atom stereocenters. The zero-order valence-corrected chi connectivity index (χ0v) is 13.7. The smallest absolute Gasteiger partial charge is 0.324 e. The predicted octanol–water partition coefficient (Wildman–Crippen LogP) is 0.338. The standard InChI is InChI=1S/C14H26N2O4S/c1-15-14(13(17)18)7-3-4-11(14)5-8-16(2)12-6-9-21(19,20)10-12/h11-12,15H,3-10H2,1-2H3,(H,17,18). The maximum absolute atomic E-state index is 11.6. The van der Waals surface area contributed by atoms with Crippen molar-refractivity contribution in [2.24, 2.45) is 5.92 Å². The van der Waals surface area contributed by atoms with Crippen LogP contribution in [-0.4, -0.2) is 68.1 Å². The average molecular weight is 318 g/mol. The molecule has 0 radical (unpaired) electrons. The lowest BCUT2D eigenvalue weighted by Gasteiger charge is -2.33. The minimum absolute atomic E-state index is 0.0882. The van der Waals surface area contributed by atoms with Gasteiger partial charge in [-0.25, -0.2) is 8.42 Å². The Morgan fingerprint density at radius 3 is 2.67 bits per heavy atom. The summed E-state index contributed by atoms with van der Waals surface area (Å²) in [5, 5.41) is 12.5. The highest BCUT2D eigenvalue weighted by Crippen LogP contribution is 2.38. The third-order valence-corrected chi connectivity index (χ3v) is 7.06. The van der Waals surface area contributed by atoms with Crippen molar-refractivity contribution >= 4 is 15.8 Å². The van der Waals surface area contributed by atoms with E-state index in [0.717, 1.165) is 25.8 Å². The molecule has 2 rings (SSSR count). The Morgan fingerprint density at radius 1 is 1.43 bits per heavy atom. The number of nitrogens with one attached hydrogen (secondary N) is 1. The van der Waals surface area contributed by atoms with E-state index in [-0.39, 0.29) is 23.5 Å². The van der Waals surface area contributed by atoms with E-state index >= 15 is 0 Å². The summed E-state index contributed by atoms with van der Waals surface area (Å²) in [4.78, 5) is 13.7. The van der Waals surface area contributed by atoms with Crippen LogP contribution in [0, 0.1) is 5.92 Å². The van der Waals surface area contributed by atoms with E-state index in [1.54, 1.807) is 7.05 Å². The van der Waals surface area contributed by atoms with Crippen LogP contribution >= 0.6 is 0 Å². The van der Waals surface area contributed by atoms with Gasteiger partial charge in [0.25, 0.3) is 0 Å². The Labute approximate surface area is 126 Å². The molecular formula is C14H26N2O4S. The number of carboxylic acids is 1. The first-order valence-corrected chi connectivity index (χ1v) is 9.46. The Morgan fingerprint density at radius 2 is 2.14 bits per heavy atom. The van der Waals surface area contributed by atoms with Gasteiger partial charge in [0.15, 0.2) is 9.84 Å². The molecule has 1 heterocycles. The van der Waals surface area contributed by atoms with Gasteiger partial charge >= 0.3 is 5.97 Å². The number of likely N-dealkylation sites (N-methyl/N-ethyl adjacent to an activating group) is 1. The average Bonchev–Trinajstić information content (AvgIpc) is 2.99. The topological polar surface area (TPSA) is 86.7 Å². The fraction of sp³-hybridized carbons (Fsp3) is 0.929. The van der Waals surface area contributed by atoms with Gasteiger partial charge in [-0.2, -0.15) is 0 Å². The summed E-state index contributed by atoms with van der Waals surface area (Å²) in [6.07, 6.45) is 4.01. The summed E-state index contributed by atoms with van der Waals surface area (Å²) in [5.74, 6) is -0.135. The fourth-order valence-corrected chi connectivity index (χ4v) is 5.66. The monoisotopic (exact) mass is 318 g/mol. The molecule has 0 spiro atoms. The molecule has 0 amide bonds. The van der Waals surface area contributed by atoms with E-state index in [4.69, 9.17) is 0 Å². The lowest BCUT2D eigenvalue weighted by atomic mass is 9.84. The summed E-state index contributed by atoms with van der Waals surface area (Å²) in [7, 11) is 0.802. The summed E-state index contributed by atoms with van der Waals surface area (Å²) in [5.41, 5.74) is -0.803. The van der Waals surface area contributed by atoms with Crippen LogP contribution < -0.4 is 5.32 Å². The first kappa shape index (κ1) is 16.7. The van der Waals surface area contributed by atoms with Crippen LogP contribution in [0.25, 0.3) is 0 Å². The van der Waals surface area contributed by atoms with Crippen molar-refractivity contribution in [3.63, 3.8) is 0 Å². The first-order chi connectivity index (χ1) is 9.81. The second-order valence-corrected chi connectivity index (χ2v) is 8.67. The predicted molar refractivity (Wildman–Crippen MR) is 81.1 cm³/mol. The normalized spacial score (nSPS) is 35.4. The third kappa shape index (κ3) is 3.40. The third-order valence-electron chi connectivity index (χ3n) is 5.31. The molecule has 1 saturated carbocycles. The van der Waals surface area contributed by atoms with Crippen molar-refractivity contribution in [3.05, 3.63) is 0 Å². The van der Waals surface area contributed by atoms with Crippen LogP contribution in [0.5, 0.6) is 0 Å². The Balaban J connectivity index is 1.92. The van der Waals surface area contributed by atoms with E-state index in [0.29, 0.717) is 12.8 Å². The maximum Gasteiger partial charge on any atom is 0.324 e. The van der Waals surface area contributed by atoms with Crippen LogP contribution in [-0.2, 0) is 14.6 Å². The Hall–Kier alpha value is -0.660. The highest BCUT2D eigenvalue weighted by molar-refractivity contribution is 7.91. The van der Waals surface area contributed by atoms with Crippen LogP contribution in [0.15, 0.2) is 0 Å². The van der Waals surface area contributed by atoms with Gasteiger partial charge in [0.2, 0.25) is 0 Å². The summed E-state index contributed by atoms with van der Waals surface area (Å²) >= 11 is 0. The lowest BCUT2D eigenvalue weighted by Crippen LogP contribution is -2.53. The van der Waals surface area contributed by atoms with Crippen LogP contribution in [0.4, 0.5) is 0 Å². The van der Waals surface area contributed by atoms with Gasteiger partial charge in [0.05, 0.1) is 11.5 Å². The molecule has 0 aromatic carbocycles. The number of carboxylic acid groups (broad SMARTS) is 1. The molecule has 0 aromatic rings. The number of hydrogen-bond donors (Lipinski definition) is 2. The molecule has 1 aliphatic heterocycles. The second kappa shape index (κ2) is 6.22. The molecule has 7 heteroatoms. The van der Waals surface area contributed by atoms with E-state index < -0.39 is 21.3 Å². The van der Waals surface area contributed by atoms with E-state index in [1.165, 1.54) is 0 Å². The first-order valence-electron chi connectivity index (χ1n) is 7.64. The van der Waals surface area contributed by atoms with Crippen molar-refractivity contribution < 1.29 is 18.3 Å². The summed E-state index contributed by atoms with van der Waals surface area (Å²) in [6, 6.07) is 0.0882. The highest BCUT2D eigenvalue weighted by atomic mass is 32.2. The Bertz CT molecular complexity index is 493. The largest absolute Gasteiger partial charge is 0.480 e. The molecule has 3 atom stereocenters. The molecule has 6 nitrogen and oxygen atoms in total. The van der Waals surface area contributed by atoms with Crippen LogP contribution in [0.1, 0.15) is 32.1 Å². The van der Waals surface area contributed by atoms with Crippen LogP contribution in [0.3, 0.4) is 0 Å². The second-order valence-electron chi connectivity index (χ2n) is 6.44. The molecule has 2 fully saturated rings. The molecule has 2 N–H and O–H groups in total. The fourth-order valence-electron chi connectivity index (χ4n) is 3.85. The molecule has 1 saturated heterocycles. The number of nitrogens with zero attached hydrogens (tertiary/aromatic N) is 1.